The maximum atomic E-state index is 11.9. The summed E-state index contributed by atoms with van der Waals surface area (Å²) < 4.78 is 0. The Hall–Kier alpha value is -1.32. The summed E-state index contributed by atoms with van der Waals surface area (Å²) in [6, 6.07) is 7.36. The molecule has 0 aliphatic heterocycles. The first-order valence-corrected chi connectivity index (χ1v) is 6.55. The number of aliphatic hydroxyl groups is 1. The van der Waals surface area contributed by atoms with Gasteiger partial charge in [0.05, 0.1) is 0 Å². The quantitative estimate of drug-likeness (QED) is 0.816. The predicted octanol–water partition coefficient (Wildman–Crippen LogP) is 2.88. The van der Waals surface area contributed by atoms with Crippen LogP contribution in [0, 0.1) is 5.41 Å². The van der Waals surface area contributed by atoms with Crippen LogP contribution in [0.5, 0.6) is 0 Å². The lowest BCUT2D eigenvalue weighted by Crippen LogP contribution is -2.36. The normalized spacial score (nSPS) is 12.4. The van der Waals surface area contributed by atoms with Crippen molar-refractivity contribution in [3.05, 3.63) is 40.4 Å². The third-order valence-electron chi connectivity index (χ3n) is 2.79. The van der Waals surface area contributed by atoms with E-state index in [0.29, 0.717) is 17.1 Å². The van der Waals surface area contributed by atoms with Crippen LogP contribution in [0.1, 0.15) is 26.3 Å². The maximum absolute atomic E-state index is 11.9. The van der Waals surface area contributed by atoms with Crippen molar-refractivity contribution in [2.45, 2.75) is 20.8 Å². The molecule has 0 saturated heterocycles. The second-order valence-electron chi connectivity index (χ2n) is 5.35. The van der Waals surface area contributed by atoms with E-state index in [4.69, 9.17) is 16.7 Å². The number of aliphatic hydroxyl groups excluding tert-OH is 1. The number of benzene rings is 1. The van der Waals surface area contributed by atoms with Crippen molar-refractivity contribution in [2.75, 3.05) is 13.2 Å². The molecule has 0 fully saturated rings. The van der Waals surface area contributed by atoms with Crippen LogP contribution in [0.15, 0.2) is 29.8 Å². The Labute approximate surface area is 119 Å². The molecule has 0 aliphatic rings. The van der Waals surface area contributed by atoms with Gasteiger partial charge in [-0.2, -0.15) is 0 Å². The topological polar surface area (TPSA) is 49.3 Å². The molecular formula is C15H20ClNO2. The second-order valence-corrected chi connectivity index (χ2v) is 5.76. The van der Waals surface area contributed by atoms with Crippen molar-refractivity contribution >= 4 is 23.6 Å². The van der Waals surface area contributed by atoms with Crippen LogP contribution in [0.25, 0.3) is 6.08 Å². The summed E-state index contributed by atoms with van der Waals surface area (Å²) >= 11 is 6.04. The van der Waals surface area contributed by atoms with E-state index in [9.17, 15) is 4.79 Å². The van der Waals surface area contributed by atoms with E-state index in [2.05, 4.69) is 5.32 Å². The van der Waals surface area contributed by atoms with Crippen LogP contribution < -0.4 is 5.32 Å². The van der Waals surface area contributed by atoms with Gasteiger partial charge >= 0.3 is 0 Å². The Bertz CT molecular complexity index is 481. The minimum atomic E-state index is -0.319. The molecule has 0 aliphatic carbocycles. The van der Waals surface area contributed by atoms with Crippen LogP contribution in [0.3, 0.4) is 0 Å². The van der Waals surface area contributed by atoms with E-state index in [0.717, 1.165) is 5.56 Å². The van der Waals surface area contributed by atoms with E-state index >= 15 is 0 Å². The molecule has 1 aromatic rings. The third kappa shape index (κ3) is 5.05. The van der Waals surface area contributed by atoms with Gasteiger partial charge in [-0.1, -0.05) is 43.6 Å². The summed E-state index contributed by atoms with van der Waals surface area (Å²) in [7, 11) is 0. The highest BCUT2D eigenvalue weighted by molar-refractivity contribution is 6.32. The van der Waals surface area contributed by atoms with Gasteiger partial charge < -0.3 is 10.4 Å². The molecule has 19 heavy (non-hydrogen) atoms. The van der Waals surface area contributed by atoms with Gasteiger partial charge in [0, 0.05) is 29.2 Å². The van der Waals surface area contributed by atoms with Gasteiger partial charge in [-0.05, 0) is 24.6 Å². The highest BCUT2D eigenvalue weighted by atomic mass is 35.5. The van der Waals surface area contributed by atoms with Crippen molar-refractivity contribution < 1.29 is 9.90 Å². The fourth-order valence-corrected chi connectivity index (χ4v) is 1.60. The van der Waals surface area contributed by atoms with Gasteiger partial charge in [-0.15, -0.1) is 0 Å². The SMILES string of the molecule is C/C(=C/c1ccccc1Cl)C(=O)NCC(C)(C)CO. The van der Waals surface area contributed by atoms with Crippen molar-refractivity contribution in [2.24, 2.45) is 5.41 Å². The average Bonchev–Trinajstić information content (AvgIpc) is 2.38. The monoisotopic (exact) mass is 281 g/mol. The fourth-order valence-electron chi connectivity index (χ4n) is 1.41. The number of carbonyl (C=O) groups excluding carboxylic acids is 1. The number of hydrogen-bond donors (Lipinski definition) is 2. The Morgan fingerprint density at radius 3 is 2.63 bits per heavy atom. The molecule has 0 aromatic heterocycles. The largest absolute Gasteiger partial charge is 0.396 e. The standard InChI is InChI=1S/C15H20ClNO2/c1-11(8-12-6-4-5-7-13(12)16)14(19)17-9-15(2,3)10-18/h4-8,18H,9-10H2,1-3H3,(H,17,19)/b11-8-. The van der Waals surface area contributed by atoms with Gasteiger partial charge in [0.15, 0.2) is 0 Å². The molecule has 1 rings (SSSR count). The molecule has 4 heteroatoms. The first-order valence-electron chi connectivity index (χ1n) is 6.17. The predicted molar refractivity (Wildman–Crippen MR) is 79.0 cm³/mol. The van der Waals surface area contributed by atoms with Crippen molar-refractivity contribution in [3.63, 3.8) is 0 Å². The Balaban J connectivity index is 2.70. The molecule has 3 nitrogen and oxygen atoms in total. The number of hydrogen-bond acceptors (Lipinski definition) is 2. The summed E-state index contributed by atoms with van der Waals surface area (Å²) in [5.41, 5.74) is 1.08. The van der Waals surface area contributed by atoms with E-state index < -0.39 is 0 Å². The van der Waals surface area contributed by atoms with Gasteiger partial charge in [-0.3, -0.25) is 4.79 Å². The van der Waals surface area contributed by atoms with Crippen LogP contribution in [-0.4, -0.2) is 24.2 Å². The molecule has 0 radical (unpaired) electrons. The number of nitrogens with one attached hydrogen (secondary N) is 1. The van der Waals surface area contributed by atoms with Gasteiger partial charge in [0.2, 0.25) is 5.91 Å². The number of amides is 1. The van der Waals surface area contributed by atoms with E-state index in [-0.39, 0.29) is 17.9 Å². The molecular weight excluding hydrogens is 262 g/mol. The molecule has 104 valence electrons. The van der Waals surface area contributed by atoms with E-state index in [1.165, 1.54) is 0 Å². The Kier molecular flexibility index (Phi) is 5.58. The minimum Gasteiger partial charge on any atom is -0.396 e. The highest BCUT2D eigenvalue weighted by Crippen LogP contribution is 2.18. The lowest BCUT2D eigenvalue weighted by molar-refractivity contribution is -0.117. The maximum Gasteiger partial charge on any atom is 0.246 e. The van der Waals surface area contributed by atoms with Gasteiger partial charge in [0.25, 0.3) is 0 Å². The van der Waals surface area contributed by atoms with Crippen molar-refractivity contribution in [1.29, 1.82) is 0 Å². The second kappa shape index (κ2) is 6.73. The zero-order chi connectivity index (χ0) is 14.5. The number of rotatable bonds is 5. The molecule has 0 saturated carbocycles. The summed E-state index contributed by atoms with van der Waals surface area (Å²) in [4.78, 5) is 11.9. The molecule has 0 unspecified atom stereocenters. The summed E-state index contributed by atoms with van der Waals surface area (Å²) in [5.74, 6) is -0.151. The number of halogens is 1. The van der Waals surface area contributed by atoms with Gasteiger partial charge in [-0.25, -0.2) is 0 Å². The first-order chi connectivity index (χ1) is 8.85. The molecule has 1 amide bonds. The lowest BCUT2D eigenvalue weighted by atomic mass is 9.95. The van der Waals surface area contributed by atoms with Crippen LogP contribution in [0.4, 0.5) is 0 Å². The number of carbonyl (C=O) groups is 1. The fraction of sp³-hybridized carbons (Fsp3) is 0.400. The van der Waals surface area contributed by atoms with Crippen LogP contribution in [-0.2, 0) is 4.79 Å². The molecule has 0 bridgehead atoms. The third-order valence-corrected chi connectivity index (χ3v) is 3.14. The zero-order valence-electron chi connectivity index (χ0n) is 11.5. The van der Waals surface area contributed by atoms with Crippen molar-refractivity contribution in [1.82, 2.24) is 5.32 Å². The van der Waals surface area contributed by atoms with Gasteiger partial charge in [0.1, 0.15) is 0 Å². The summed E-state index contributed by atoms with van der Waals surface area (Å²) in [6.45, 7) is 5.97. The summed E-state index contributed by atoms with van der Waals surface area (Å²) in [5, 5.41) is 12.6. The lowest BCUT2D eigenvalue weighted by Gasteiger charge is -2.21. The molecule has 0 spiro atoms. The molecule has 0 atom stereocenters. The Morgan fingerprint density at radius 2 is 2.05 bits per heavy atom. The van der Waals surface area contributed by atoms with Crippen LogP contribution >= 0.6 is 11.6 Å². The van der Waals surface area contributed by atoms with E-state index in [1.807, 2.05) is 32.0 Å². The molecule has 2 N–H and O–H groups in total. The highest BCUT2D eigenvalue weighted by Gasteiger charge is 2.17. The van der Waals surface area contributed by atoms with Crippen molar-refractivity contribution in [3.8, 4) is 0 Å². The first kappa shape index (κ1) is 15.7. The Morgan fingerprint density at radius 1 is 1.42 bits per heavy atom. The smallest absolute Gasteiger partial charge is 0.246 e. The molecule has 0 heterocycles. The average molecular weight is 282 g/mol. The van der Waals surface area contributed by atoms with Crippen LogP contribution in [0.2, 0.25) is 5.02 Å². The molecule has 1 aromatic carbocycles. The zero-order valence-corrected chi connectivity index (χ0v) is 12.3. The van der Waals surface area contributed by atoms with E-state index in [1.54, 1.807) is 19.1 Å². The summed E-state index contributed by atoms with van der Waals surface area (Å²) in [6.07, 6.45) is 1.75. The minimum absolute atomic E-state index is 0.0283.